The van der Waals surface area contributed by atoms with Crippen molar-refractivity contribution in [1.29, 1.82) is 0 Å². The Kier molecular flexibility index (Phi) is 5.47. The van der Waals surface area contributed by atoms with Crippen molar-refractivity contribution in [2.75, 3.05) is 26.2 Å². The summed E-state index contributed by atoms with van der Waals surface area (Å²) in [6, 6.07) is 2.06. The van der Waals surface area contributed by atoms with Gasteiger partial charge in [0.2, 0.25) is 0 Å². The van der Waals surface area contributed by atoms with E-state index in [4.69, 9.17) is 0 Å². The van der Waals surface area contributed by atoms with Gasteiger partial charge in [-0.2, -0.15) is 0 Å². The summed E-state index contributed by atoms with van der Waals surface area (Å²) in [5.74, 6) is 0.401. The number of aryl methyl sites for hydroxylation is 1. The molecule has 1 aliphatic heterocycles. The normalized spacial score (nSPS) is 17.7. The van der Waals surface area contributed by atoms with E-state index in [2.05, 4.69) is 46.6 Å². The van der Waals surface area contributed by atoms with Crippen molar-refractivity contribution in [2.45, 2.75) is 33.2 Å². The molecule has 0 saturated carbocycles. The first-order chi connectivity index (χ1) is 9.91. The molecule has 0 bridgehead atoms. The Balaban J connectivity index is 2.45. The quantitative estimate of drug-likeness (QED) is 0.811. The maximum atomic E-state index is 10.5. The lowest BCUT2D eigenvalue weighted by Crippen LogP contribution is -2.45. The molecule has 1 fully saturated rings. The zero-order valence-electron chi connectivity index (χ0n) is 13.2. The highest BCUT2D eigenvalue weighted by atomic mass is 79.9. The highest BCUT2D eigenvalue weighted by Crippen LogP contribution is 2.40. The van der Waals surface area contributed by atoms with Crippen molar-refractivity contribution in [1.82, 2.24) is 10.2 Å². The van der Waals surface area contributed by atoms with E-state index in [1.807, 2.05) is 13.0 Å². The number of phenols is 1. The van der Waals surface area contributed by atoms with Crippen LogP contribution in [0.15, 0.2) is 22.7 Å². The molecule has 116 valence electrons. The van der Waals surface area contributed by atoms with Crippen LogP contribution in [0.4, 0.5) is 0 Å². The summed E-state index contributed by atoms with van der Waals surface area (Å²) in [7, 11) is 0. The second-order valence-electron chi connectivity index (χ2n) is 6.03. The molecule has 0 spiro atoms. The van der Waals surface area contributed by atoms with Crippen LogP contribution >= 0.6 is 15.9 Å². The number of piperazine rings is 1. The van der Waals surface area contributed by atoms with E-state index in [-0.39, 0.29) is 6.04 Å². The second-order valence-corrected chi connectivity index (χ2v) is 6.82. The Bertz CT molecular complexity index is 536. The van der Waals surface area contributed by atoms with E-state index >= 15 is 0 Å². The average molecular weight is 353 g/mol. The number of nitrogens with one attached hydrogen (secondary N) is 1. The summed E-state index contributed by atoms with van der Waals surface area (Å²) in [6.45, 7) is 14.2. The van der Waals surface area contributed by atoms with Crippen LogP contribution in [0.3, 0.4) is 0 Å². The number of benzene rings is 1. The molecule has 1 aromatic carbocycles. The first-order valence-electron chi connectivity index (χ1n) is 7.49. The predicted octanol–water partition coefficient (Wildman–Crippen LogP) is 3.68. The van der Waals surface area contributed by atoms with Gasteiger partial charge in [-0.25, -0.2) is 0 Å². The minimum Gasteiger partial charge on any atom is -0.508 e. The van der Waals surface area contributed by atoms with Crippen LogP contribution in [0.5, 0.6) is 5.75 Å². The van der Waals surface area contributed by atoms with E-state index in [0.29, 0.717) is 5.75 Å². The molecule has 0 unspecified atom stereocenters. The van der Waals surface area contributed by atoms with E-state index < -0.39 is 0 Å². The third-order valence-electron chi connectivity index (χ3n) is 4.18. The Hall–Kier alpha value is -0.840. The Morgan fingerprint density at radius 1 is 1.43 bits per heavy atom. The molecule has 21 heavy (non-hydrogen) atoms. The number of aromatic hydroxyl groups is 1. The lowest BCUT2D eigenvalue weighted by atomic mass is 9.92. The second kappa shape index (κ2) is 6.95. The van der Waals surface area contributed by atoms with Gasteiger partial charge in [0.1, 0.15) is 5.75 Å². The fraction of sp³-hybridized carbons (Fsp3) is 0.529. The minimum atomic E-state index is 0.196. The van der Waals surface area contributed by atoms with Crippen LogP contribution in [0.25, 0.3) is 0 Å². The molecule has 2 rings (SSSR count). The van der Waals surface area contributed by atoms with Crippen molar-refractivity contribution < 1.29 is 5.11 Å². The van der Waals surface area contributed by atoms with Crippen LogP contribution < -0.4 is 5.32 Å². The maximum absolute atomic E-state index is 10.5. The summed E-state index contributed by atoms with van der Waals surface area (Å²) in [6.07, 6.45) is 0.879. The van der Waals surface area contributed by atoms with E-state index in [1.54, 1.807) is 0 Å². The number of nitrogens with zero attached hydrogens (tertiary/aromatic N) is 1. The van der Waals surface area contributed by atoms with Crippen molar-refractivity contribution in [3.05, 3.63) is 39.4 Å². The van der Waals surface area contributed by atoms with Gasteiger partial charge in [0, 0.05) is 42.3 Å². The highest BCUT2D eigenvalue weighted by Gasteiger charge is 2.27. The van der Waals surface area contributed by atoms with Crippen molar-refractivity contribution in [3.63, 3.8) is 0 Å². The Morgan fingerprint density at radius 3 is 2.62 bits per heavy atom. The largest absolute Gasteiger partial charge is 0.508 e. The Labute approximate surface area is 136 Å². The molecular weight excluding hydrogens is 328 g/mol. The van der Waals surface area contributed by atoms with Gasteiger partial charge in [-0.05, 0) is 44.4 Å². The topological polar surface area (TPSA) is 35.5 Å². The molecule has 1 aliphatic rings. The number of rotatable bonds is 4. The van der Waals surface area contributed by atoms with E-state index in [1.165, 1.54) is 0 Å². The zero-order chi connectivity index (χ0) is 15.6. The van der Waals surface area contributed by atoms with Gasteiger partial charge in [0.25, 0.3) is 0 Å². The lowest BCUT2D eigenvalue weighted by Gasteiger charge is -2.36. The fourth-order valence-electron chi connectivity index (χ4n) is 3.11. The third-order valence-corrected chi connectivity index (χ3v) is 5.40. The summed E-state index contributed by atoms with van der Waals surface area (Å²) in [5, 5.41) is 13.9. The molecule has 3 nitrogen and oxygen atoms in total. The first kappa shape index (κ1) is 16.5. The van der Waals surface area contributed by atoms with Gasteiger partial charge < -0.3 is 10.4 Å². The number of phenolic OH excluding ortho intramolecular Hbond substituents is 1. The van der Waals surface area contributed by atoms with Gasteiger partial charge >= 0.3 is 0 Å². The predicted molar refractivity (Wildman–Crippen MR) is 91.9 cm³/mol. The van der Waals surface area contributed by atoms with Crippen LogP contribution in [0.1, 0.15) is 36.1 Å². The van der Waals surface area contributed by atoms with Crippen LogP contribution in [0, 0.1) is 13.8 Å². The molecule has 2 N–H and O–H groups in total. The molecule has 4 heteroatoms. The van der Waals surface area contributed by atoms with Crippen molar-refractivity contribution in [2.24, 2.45) is 0 Å². The molecule has 0 radical (unpaired) electrons. The van der Waals surface area contributed by atoms with Crippen molar-refractivity contribution in [3.8, 4) is 5.75 Å². The summed E-state index contributed by atoms with van der Waals surface area (Å²) >= 11 is 3.66. The average Bonchev–Trinajstić information content (AvgIpc) is 2.44. The van der Waals surface area contributed by atoms with E-state index in [9.17, 15) is 5.11 Å². The van der Waals surface area contributed by atoms with Crippen LogP contribution in [-0.4, -0.2) is 36.2 Å². The molecule has 0 amide bonds. The number of halogens is 1. The minimum absolute atomic E-state index is 0.196. The fourth-order valence-corrected chi connectivity index (χ4v) is 3.44. The highest BCUT2D eigenvalue weighted by molar-refractivity contribution is 9.10. The smallest absolute Gasteiger partial charge is 0.120 e. The van der Waals surface area contributed by atoms with Gasteiger partial charge in [-0.3, -0.25) is 4.90 Å². The number of hydrogen-bond donors (Lipinski definition) is 2. The van der Waals surface area contributed by atoms with Gasteiger partial charge in [-0.15, -0.1) is 6.58 Å². The lowest BCUT2D eigenvalue weighted by molar-refractivity contribution is 0.169. The summed E-state index contributed by atoms with van der Waals surface area (Å²) in [4.78, 5) is 2.45. The first-order valence-corrected chi connectivity index (χ1v) is 8.28. The standard InChI is InChI=1S/C17H25BrN2O/c1-11(2)9-14(20-7-5-19-6-8-20)16-13(4)17(18)12(3)10-15(16)21/h10,14,19,21H,1,5-9H2,2-4H3/t14-/m1/s1. The molecule has 1 heterocycles. The van der Waals surface area contributed by atoms with E-state index in [0.717, 1.165) is 59.3 Å². The maximum Gasteiger partial charge on any atom is 0.120 e. The molecule has 0 aromatic heterocycles. The van der Waals surface area contributed by atoms with Gasteiger partial charge in [0.05, 0.1) is 0 Å². The summed E-state index contributed by atoms with van der Waals surface area (Å²) in [5.41, 5.74) is 4.40. The molecule has 1 saturated heterocycles. The SMILES string of the molecule is C=C(C)C[C@H](c1c(O)cc(C)c(Br)c1C)N1CCNCC1. The van der Waals surface area contributed by atoms with Crippen molar-refractivity contribution >= 4 is 15.9 Å². The van der Waals surface area contributed by atoms with Crippen LogP contribution in [0.2, 0.25) is 0 Å². The van der Waals surface area contributed by atoms with Crippen LogP contribution in [-0.2, 0) is 0 Å². The zero-order valence-corrected chi connectivity index (χ0v) is 14.8. The monoisotopic (exact) mass is 352 g/mol. The Morgan fingerprint density at radius 2 is 2.05 bits per heavy atom. The molecule has 0 aliphatic carbocycles. The molecule has 1 atom stereocenters. The van der Waals surface area contributed by atoms with Gasteiger partial charge in [-0.1, -0.05) is 21.5 Å². The molecule has 1 aromatic rings. The molecular formula is C17H25BrN2O. The third kappa shape index (κ3) is 3.68. The summed E-state index contributed by atoms with van der Waals surface area (Å²) < 4.78 is 1.09. The van der Waals surface area contributed by atoms with Gasteiger partial charge in [0.15, 0.2) is 0 Å². The number of hydrogen-bond acceptors (Lipinski definition) is 3.